The fourth-order valence-electron chi connectivity index (χ4n) is 0.610. The maximum atomic E-state index is 11.7. The molecule has 1 atom stereocenters. The minimum absolute atomic E-state index is 0.0624. The van der Waals surface area contributed by atoms with Gasteiger partial charge in [-0.05, 0) is 6.54 Å². The van der Waals surface area contributed by atoms with Gasteiger partial charge in [-0.25, -0.2) is 4.39 Å². The van der Waals surface area contributed by atoms with Crippen LogP contribution in [0, 0.1) is 0 Å². The maximum Gasteiger partial charge on any atom is 0.135 e. The molecule has 0 aliphatic rings. The number of ketones is 1. The molecule has 0 aliphatic carbocycles. The fraction of sp³-hybridized carbons (Fsp3) is 0.833. The first kappa shape index (κ1) is 9.52. The van der Waals surface area contributed by atoms with E-state index < -0.39 is 12.7 Å². The van der Waals surface area contributed by atoms with Crippen LogP contribution in [0.4, 0.5) is 4.39 Å². The van der Waals surface area contributed by atoms with Crippen LogP contribution < -0.4 is 11.5 Å². The molecule has 0 heterocycles. The molecular formula is C6H13FN2O. The van der Waals surface area contributed by atoms with Gasteiger partial charge in [-0.15, -0.1) is 0 Å². The average Bonchev–Trinajstić information content (AvgIpc) is 1.88. The summed E-state index contributed by atoms with van der Waals surface area (Å²) < 4.78 is 11.7. The Morgan fingerprint density at radius 2 is 2.20 bits per heavy atom. The lowest BCUT2D eigenvalue weighted by atomic mass is 10.1. The molecule has 0 saturated heterocycles. The Hall–Kier alpha value is -0.480. The number of alkyl halides is 1. The third-order valence-corrected chi connectivity index (χ3v) is 1.11. The Bertz CT molecular complexity index is 108. The molecule has 1 unspecified atom stereocenters. The van der Waals surface area contributed by atoms with Crippen molar-refractivity contribution in [1.82, 2.24) is 0 Å². The van der Waals surface area contributed by atoms with Crippen molar-refractivity contribution in [2.24, 2.45) is 11.5 Å². The largest absolute Gasteiger partial charge is 0.330 e. The molecule has 4 N–H and O–H groups in total. The van der Waals surface area contributed by atoms with Gasteiger partial charge in [-0.3, -0.25) is 4.79 Å². The lowest BCUT2D eigenvalue weighted by Gasteiger charge is -2.03. The molecule has 0 amide bonds. The van der Waals surface area contributed by atoms with Crippen molar-refractivity contribution in [3.05, 3.63) is 0 Å². The predicted octanol–water partition coefficient (Wildman–Crippen LogP) is -0.409. The minimum atomic E-state index is -0.643. The van der Waals surface area contributed by atoms with Crippen LogP contribution in [0.25, 0.3) is 0 Å². The number of nitrogens with two attached hydrogens (primary N) is 2. The first-order valence-electron chi connectivity index (χ1n) is 3.24. The van der Waals surface area contributed by atoms with E-state index in [4.69, 9.17) is 11.5 Å². The van der Waals surface area contributed by atoms with Crippen molar-refractivity contribution < 1.29 is 9.18 Å². The highest BCUT2D eigenvalue weighted by Gasteiger charge is 2.07. The zero-order valence-corrected chi connectivity index (χ0v) is 5.85. The third kappa shape index (κ3) is 4.40. The normalized spacial score (nSPS) is 13.1. The van der Waals surface area contributed by atoms with E-state index in [1.165, 1.54) is 0 Å². The molecule has 0 radical (unpaired) electrons. The highest BCUT2D eigenvalue weighted by molar-refractivity contribution is 5.79. The summed E-state index contributed by atoms with van der Waals surface area (Å²) in [6.45, 7) is -0.325. The van der Waals surface area contributed by atoms with Gasteiger partial charge in [-0.2, -0.15) is 0 Å². The van der Waals surface area contributed by atoms with Gasteiger partial charge in [0.1, 0.15) is 12.5 Å². The number of rotatable bonds is 5. The molecule has 10 heavy (non-hydrogen) atoms. The van der Waals surface area contributed by atoms with Gasteiger partial charge in [0.25, 0.3) is 0 Å². The Morgan fingerprint density at radius 3 is 2.60 bits per heavy atom. The van der Waals surface area contributed by atoms with Crippen molar-refractivity contribution in [2.75, 3.05) is 13.2 Å². The van der Waals surface area contributed by atoms with Crippen LogP contribution in [0.1, 0.15) is 12.8 Å². The van der Waals surface area contributed by atoms with E-state index >= 15 is 0 Å². The van der Waals surface area contributed by atoms with Crippen molar-refractivity contribution in [1.29, 1.82) is 0 Å². The number of hydrogen-bond donors (Lipinski definition) is 2. The summed E-state index contributed by atoms with van der Waals surface area (Å²) >= 11 is 0. The number of Topliss-reactive ketones (excluding diaryl/α,β-unsaturated/α-hetero) is 1. The van der Waals surface area contributed by atoms with E-state index in [9.17, 15) is 9.18 Å². The second-order valence-corrected chi connectivity index (χ2v) is 2.20. The topological polar surface area (TPSA) is 69.1 Å². The van der Waals surface area contributed by atoms with Crippen molar-refractivity contribution in [3.63, 3.8) is 0 Å². The van der Waals surface area contributed by atoms with Crippen molar-refractivity contribution in [2.45, 2.75) is 18.9 Å². The molecule has 60 valence electrons. The van der Waals surface area contributed by atoms with E-state index in [2.05, 4.69) is 0 Å². The fourth-order valence-corrected chi connectivity index (χ4v) is 0.610. The Kier molecular flexibility index (Phi) is 5.06. The molecule has 0 rings (SSSR count). The van der Waals surface area contributed by atoms with Crippen LogP contribution in [0.15, 0.2) is 0 Å². The quantitative estimate of drug-likeness (QED) is 0.557. The summed E-state index contributed by atoms with van der Waals surface area (Å²) in [5.74, 6) is -0.0624. The molecule has 0 saturated carbocycles. The molecule has 3 nitrogen and oxygen atoms in total. The number of halogens is 1. The summed E-state index contributed by atoms with van der Waals surface area (Å²) in [5.41, 5.74) is 10.3. The van der Waals surface area contributed by atoms with E-state index in [1.807, 2.05) is 0 Å². The van der Waals surface area contributed by atoms with E-state index in [0.29, 0.717) is 13.0 Å². The molecule has 0 bridgehead atoms. The van der Waals surface area contributed by atoms with Crippen LogP contribution in [-0.2, 0) is 4.79 Å². The highest BCUT2D eigenvalue weighted by atomic mass is 19.1. The first-order valence-corrected chi connectivity index (χ1v) is 3.24. The minimum Gasteiger partial charge on any atom is -0.330 e. The standard InChI is InChI=1S/C6H13FN2O/c7-4-5(9)3-6(10)1-2-8/h5H,1-4,8-9H2. The molecular weight excluding hydrogens is 135 g/mol. The smallest absolute Gasteiger partial charge is 0.135 e. The van der Waals surface area contributed by atoms with Gasteiger partial charge >= 0.3 is 0 Å². The number of hydrogen-bond acceptors (Lipinski definition) is 3. The number of carbonyl (C=O) groups excluding carboxylic acids is 1. The van der Waals surface area contributed by atoms with Gasteiger partial charge in [0.15, 0.2) is 0 Å². The molecule has 4 heteroatoms. The molecule has 0 aromatic carbocycles. The molecule has 0 fully saturated rings. The van der Waals surface area contributed by atoms with E-state index in [0.717, 1.165) is 0 Å². The van der Waals surface area contributed by atoms with Crippen LogP contribution in [0.5, 0.6) is 0 Å². The van der Waals surface area contributed by atoms with Crippen LogP contribution >= 0.6 is 0 Å². The Balaban J connectivity index is 3.37. The van der Waals surface area contributed by atoms with Crippen molar-refractivity contribution in [3.8, 4) is 0 Å². The van der Waals surface area contributed by atoms with Gasteiger partial charge < -0.3 is 11.5 Å². The number of carbonyl (C=O) groups is 1. The lowest BCUT2D eigenvalue weighted by molar-refractivity contribution is -0.119. The van der Waals surface area contributed by atoms with Crippen LogP contribution in [-0.4, -0.2) is 25.0 Å². The summed E-state index contributed by atoms with van der Waals surface area (Å²) in [6, 6.07) is -0.640. The first-order chi connectivity index (χ1) is 4.70. The Labute approximate surface area is 59.6 Å². The SMILES string of the molecule is NCCC(=O)CC(N)CF. The van der Waals surface area contributed by atoms with Crippen molar-refractivity contribution >= 4 is 5.78 Å². The van der Waals surface area contributed by atoms with Gasteiger partial charge in [0.2, 0.25) is 0 Å². The van der Waals surface area contributed by atoms with E-state index in [1.54, 1.807) is 0 Å². The Morgan fingerprint density at radius 1 is 1.60 bits per heavy atom. The zero-order chi connectivity index (χ0) is 7.98. The monoisotopic (exact) mass is 148 g/mol. The van der Waals surface area contributed by atoms with E-state index in [-0.39, 0.29) is 12.2 Å². The van der Waals surface area contributed by atoms with Gasteiger partial charge in [-0.1, -0.05) is 0 Å². The summed E-state index contributed by atoms with van der Waals surface area (Å²) in [5, 5.41) is 0. The summed E-state index contributed by atoms with van der Waals surface area (Å²) in [4.78, 5) is 10.7. The maximum absolute atomic E-state index is 11.7. The van der Waals surface area contributed by atoms with Gasteiger partial charge in [0, 0.05) is 18.9 Å². The molecule has 0 spiro atoms. The average molecular weight is 148 g/mol. The molecule has 0 aromatic rings. The van der Waals surface area contributed by atoms with Crippen LogP contribution in [0.2, 0.25) is 0 Å². The molecule has 0 aromatic heterocycles. The summed E-state index contributed by atoms with van der Waals surface area (Å²) in [7, 11) is 0. The zero-order valence-electron chi connectivity index (χ0n) is 5.85. The molecule has 0 aliphatic heterocycles. The second-order valence-electron chi connectivity index (χ2n) is 2.20. The third-order valence-electron chi connectivity index (χ3n) is 1.11. The van der Waals surface area contributed by atoms with Crippen LogP contribution in [0.3, 0.4) is 0 Å². The summed E-state index contributed by atoms with van der Waals surface area (Å²) in [6.07, 6.45) is 0.404. The van der Waals surface area contributed by atoms with Gasteiger partial charge in [0.05, 0.1) is 0 Å². The second kappa shape index (κ2) is 5.32. The predicted molar refractivity (Wildman–Crippen MR) is 37.2 cm³/mol. The highest BCUT2D eigenvalue weighted by Crippen LogP contribution is 1.93. The lowest BCUT2D eigenvalue weighted by Crippen LogP contribution is -2.26.